The molecule has 1 saturated heterocycles. The van der Waals surface area contributed by atoms with Crippen molar-refractivity contribution in [3.05, 3.63) is 24.5 Å². The number of aromatic nitrogens is 1. The molecule has 1 amide bonds. The Kier molecular flexibility index (Phi) is 6.02. The van der Waals surface area contributed by atoms with Crippen LogP contribution in [0.4, 0.5) is 0 Å². The number of hydrogen-bond donors (Lipinski definition) is 1. The second-order valence-corrected chi connectivity index (χ2v) is 6.43. The summed E-state index contributed by atoms with van der Waals surface area (Å²) in [4.78, 5) is 21.2. The molecule has 2 rings (SSSR count). The predicted octanol–water partition coefficient (Wildman–Crippen LogP) is 1.09. The lowest BCUT2D eigenvalue weighted by Gasteiger charge is -2.25. The zero-order valence-corrected chi connectivity index (χ0v) is 13.4. The molecule has 1 N–H and O–H groups in total. The van der Waals surface area contributed by atoms with Gasteiger partial charge in [-0.05, 0) is 32.1 Å². The summed E-state index contributed by atoms with van der Waals surface area (Å²) in [6.45, 7) is 4.11. The summed E-state index contributed by atoms with van der Waals surface area (Å²) in [5.74, 6) is 0.490. The quantitative estimate of drug-likeness (QED) is 0.797. The van der Waals surface area contributed by atoms with E-state index in [4.69, 9.17) is 0 Å². The third-order valence-corrected chi connectivity index (χ3v) is 4.76. The van der Waals surface area contributed by atoms with Crippen LogP contribution in [-0.4, -0.2) is 70.4 Å². The second kappa shape index (κ2) is 7.77. The van der Waals surface area contributed by atoms with E-state index in [1.807, 2.05) is 19.2 Å². The van der Waals surface area contributed by atoms with Gasteiger partial charge in [0.15, 0.2) is 0 Å². The maximum Gasteiger partial charge on any atom is 0.233 e. The Morgan fingerprint density at radius 3 is 2.86 bits per heavy atom. The lowest BCUT2D eigenvalue weighted by molar-refractivity contribution is -0.127. The number of amides is 1. The molecule has 1 aromatic rings. The zero-order chi connectivity index (χ0) is 15.2. The van der Waals surface area contributed by atoms with Crippen molar-refractivity contribution in [1.29, 1.82) is 0 Å². The summed E-state index contributed by atoms with van der Waals surface area (Å²) in [7, 11) is 2.01. The van der Waals surface area contributed by atoms with Gasteiger partial charge < -0.3 is 10.0 Å². The highest BCUT2D eigenvalue weighted by molar-refractivity contribution is 8.00. The molecule has 1 fully saturated rings. The molecular formula is C15H23N3O2S. The molecule has 0 unspecified atom stereocenters. The number of hydrogen-bond acceptors (Lipinski definition) is 5. The number of likely N-dealkylation sites (tertiary alicyclic amines) is 1. The van der Waals surface area contributed by atoms with Crippen molar-refractivity contribution in [2.75, 3.05) is 32.4 Å². The van der Waals surface area contributed by atoms with Gasteiger partial charge in [-0.1, -0.05) is 6.92 Å². The van der Waals surface area contributed by atoms with Crippen LogP contribution in [0.5, 0.6) is 0 Å². The normalized spacial score (nSPS) is 22.0. The molecule has 0 spiro atoms. The SMILES string of the molecule is CCCN(C)[C@@H]1CN(C(=O)CSc2ccncc2)C[C@H]1O. The van der Waals surface area contributed by atoms with E-state index in [0.717, 1.165) is 17.9 Å². The highest BCUT2D eigenvalue weighted by atomic mass is 32.2. The number of nitrogens with zero attached hydrogens (tertiary/aromatic N) is 3. The minimum Gasteiger partial charge on any atom is -0.390 e. The Balaban J connectivity index is 1.84. The molecule has 1 aromatic heterocycles. The second-order valence-electron chi connectivity index (χ2n) is 5.39. The highest BCUT2D eigenvalue weighted by Gasteiger charge is 2.35. The van der Waals surface area contributed by atoms with Crippen LogP contribution in [0.15, 0.2) is 29.4 Å². The highest BCUT2D eigenvalue weighted by Crippen LogP contribution is 2.20. The number of carbonyl (C=O) groups is 1. The van der Waals surface area contributed by atoms with E-state index in [1.165, 1.54) is 11.8 Å². The summed E-state index contributed by atoms with van der Waals surface area (Å²) in [5, 5.41) is 10.1. The molecule has 6 heteroatoms. The van der Waals surface area contributed by atoms with E-state index in [1.54, 1.807) is 17.3 Å². The standard InChI is InChI=1S/C15H23N3O2S/c1-3-8-17(2)13-9-18(10-14(13)19)15(20)11-21-12-4-6-16-7-5-12/h4-7,13-14,19H,3,8-11H2,1-2H3/t13-,14-/m1/s1. The van der Waals surface area contributed by atoms with E-state index in [9.17, 15) is 9.90 Å². The summed E-state index contributed by atoms with van der Waals surface area (Å²) in [6, 6.07) is 3.85. The molecular weight excluding hydrogens is 286 g/mol. The fourth-order valence-electron chi connectivity index (χ4n) is 2.60. The van der Waals surface area contributed by atoms with Crippen LogP contribution in [0.3, 0.4) is 0 Å². The summed E-state index contributed by atoms with van der Waals surface area (Å²) in [5.41, 5.74) is 0. The number of thioether (sulfide) groups is 1. The smallest absolute Gasteiger partial charge is 0.233 e. The lowest BCUT2D eigenvalue weighted by atomic mass is 10.2. The van der Waals surface area contributed by atoms with Crippen LogP contribution in [0, 0.1) is 0 Å². The molecule has 0 aliphatic carbocycles. The number of aliphatic hydroxyl groups excluding tert-OH is 1. The van der Waals surface area contributed by atoms with Crippen molar-refractivity contribution in [1.82, 2.24) is 14.8 Å². The number of rotatable bonds is 6. The van der Waals surface area contributed by atoms with Gasteiger partial charge in [0.25, 0.3) is 0 Å². The Morgan fingerprint density at radius 2 is 2.19 bits per heavy atom. The van der Waals surface area contributed by atoms with Crippen LogP contribution in [0.1, 0.15) is 13.3 Å². The van der Waals surface area contributed by atoms with Crippen LogP contribution in [0.2, 0.25) is 0 Å². The fraction of sp³-hybridized carbons (Fsp3) is 0.600. The molecule has 0 aromatic carbocycles. The maximum atomic E-state index is 12.3. The monoisotopic (exact) mass is 309 g/mol. The number of carbonyl (C=O) groups excluding carboxylic acids is 1. The van der Waals surface area contributed by atoms with Gasteiger partial charge in [0.05, 0.1) is 17.9 Å². The first-order chi connectivity index (χ1) is 10.1. The number of β-amino-alcohol motifs (C(OH)–C–C–N with tert-alkyl or cyclic N) is 1. The molecule has 1 aliphatic heterocycles. The molecule has 5 nitrogen and oxygen atoms in total. The first kappa shape index (κ1) is 16.3. The predicted molar refractivity (Wildman–Crippen MR) is 84.3 cm³/mol. The Bertz CT molecular complexity index is 457. The minimum absolute atomic E-state index is 0.0554. The van der Waals surface area contributed by atoms with Crippen molar-refractivity contribution >= 4 is 17.7 Å². The van der Waals surface area contributed by atoms with E-state index in [-0.39, 0.29) is 11.9 Å². The Labute approximate surface area is 130 Å². The zero-order valence-electron chi connectivity index (χ0n) is 12.6. The van der Waals surface area contributed by atoms with E-state index in [0.29, 0.717) is 18.8 Å². The van der Waals surface area contributed by atoms with E-state index in [2.05, 4.69) is 16.8 Å². The van der Waals surface area contributed by atoms with Crippen molar-refractivity contribution in [2.24, 2.45) is 0 Å². The number of pyridine rings is 1. The maximum absolute atomic E-state index is 12.3. The summed E-state index contributed by atoms with van der Waals surface area (Å²) >= 11 is 1.51. The molecule has 0 radical (unpaired) electrons. The molecule has 0 saturated carbocycles. The van der Waals surface area contributed by atoms with Gasteiger partial charge in [-0.25, -0.2) is 0 Å². The van der Waals surface area contributed by atoms with E-state index >= 15 is 0 Å². The third kappa shape index (κ3) is 4.43. The fourth-order valence-corrected chi connectivity index (χ4v) is 3.38. The van der Waals surface area contributed by atoms with Gasteiger partial charge in [0, 0.05) is 30.4 Å². The Hall–Kier alpha value is -1.11. The Morgan fingerprint density at radius 1 is 1.48 bits per heavy atom. The topological polar surface area (TPSA) is 56.7 Å². The van der Waals surface area contributed by atoms with Crippen molar-refractivity contribution < 1.29 is 9.90 Å². The summed E-state index contributed by atoms with van der Waals surface area (Å²) < 4.78 is 0. The number of likely N-dealkylation sites (N-methyl/N-ethyl adjacent to an activating group) is 1. The van der Waals surface area contributed by atoms with Crippen LogP contribution in [-0.2, 0) is 4.79 Å². The average molecular weight is 309 g/mol. The number of aliphatic hydroxyl groups is 1. The third-order valence-electron chi connectivity index (χ3n) is 3.77. The lowest BCUT2D eigenvalue weighted by Crippen LogP contribution is -2.41. The average Bonchev–Trinajstić information content (AvgIpc) is 2.88. The summed E-state index contributed by atoms with van der Waals surface area (Å²) in [6.07, 6.45) is 4.05. The largest absolute Gasteiger partial charge is 0.390 e. The molecule has 21 heavy (non-hydrogen) atoms. The van der Waals surface area contributed by atoms with Gasteiger partial charge >= 0.3 is 0 Å². The van der Waals surface area contributed by atoms with Crippen molar-refractivity contribution in [2.45, 2.75) is 30.4 Å². The van der Waals surface area contributed by atoms with Gasteiger partial charge in [0.2, 0.25) is 5.91 Å². The van der Waals surface area contributed by atoms with Gasteiger partial charge in [0.1, 0.15) is 0 Å². The van der Waals surface area contributed by atoms with Crippen molar-refractivity contribution in [3.8, 4) is 0 Å². The van der Waals surface area contributed by atoms with Crippen LogP contribution < -0.4 is 0 Å². The van der Waals surface area contributed by atoms with Gasteiger partial charge in [-0.3, -0.25) is 14.7 Å². The first-order valence-electron chi connectivity index (χ1n) is 7.30. The van der Waals surface area contributed by atoms with Gasteiger partial charge in [-0.2, -0.15) is 0 Å². The molecule has 2 heterocycles. The first-order valence-corrected chi connectivity index (χ1v) is 8.29. The molecule has 1 aliphatic rings. The van der Waals surface area contributed by atoms with E-state index < -0.39 is 6.10 Å². The molecule has 116 valence electrons. The molecule has 0 bridgehead atoms. The van der Waals surface area contributed by atoms with Gasteiger partial charge in [-0.15, -0.1) is 11.8 Å². The van der Waals surface area contributed by atoms with Crippen LogP contribution in [0.25, 0.3) is 0 Å². The van der Waals surface area contributed by atoms with Crippen molar-refractivity contribution in [3.63, 3.8) is 0 Å². The minimum atomic E-state index is -0.448. The molecule has 2 atom stereocenters. The van der Waals surface area contributed by atoms with Crippen LogP contribution >= 0.6 is 11.8 Å².